The fourth-order valence-corrected chi connectivity index (χ4v) is 2.98. The summed E-state index contributed by atoms with van der Waals surface area (Å²) in [5, 5.41) is 12.7. The van der Waals surface area contributed by atoms with Crippen molar-refractivity contribution in [3.05, 3.63) is 52.1 Å². The summed E-state index contributed by atoms with van der Waals surface area (Å²) in [6.07, 6.45) is 1.39. The molecule has 150 valence electrons. The second-order valence-electron chi connectivity index (χ2n) is 6.94. The quantitative estimate of drug-likeness (QED) is 0.646. The summed E-state index contributed by atoms with van der Waals surface area (Å²) in [5.74, 6) is -0.695. The molecule has 0 bridgehead atoms. The van der Waals surface area contributed by atoms with Gasteiger partial charge in [0.25, 0.3) is 5.56 Å². The lowest BCUT2D eigenvalue weighted by Crippen LogP contribution is -2.34. The number of hydrogen-bond donors (Lipinski definition) is 2. The average Bonchev–Trinajstić information content (AvgIpc) is 3.05. The van der Waals surface area contributed by atoms with Crippen molar-refractivity contribution < 1.29 is 13.9 Å². The van der Waals surface area contributed by atoms with Gasteiger partial charge in [-0.25, -0.2) is 13.8 Å². The van der Waals surface area contributed by atoms with Gasteiger partial charge in [0.15, 0.2) is 11.2 Å². The highest BCUT2D eigenvalue weighted by Crippen LogP contribution is 2.17. The minimum atomic E-state index is -0.552. The van der Waals surface area contributed by atoms with E-state index in [1.165, 1.54) is 15.5 Å². The lowest BCUT2D eigenvalue weighted by atomic mass is 10.1. The van der Waals surface area contributed by atoms with Crippen LogP contribution < -0.4 is 10.9 Å². The number of aromatic nitrogens is 4. The Kier molecular flexibility index (Phi) is 5.73. The van der Waals surface area contributed by atoms with Crippen LogP contribution in [0.3, 0.4) is 0 Å². The van der Waals surface area contributed by atoms with Crippen LogP contribution >= 0.6 is 0 Å². The van der Waals surface area contributed by atoms with Crippen LogP contribution in [-0.4, -0.2) is 36.9 Å². The summed E-state index contributed by atoms with van der Waals surface area (Å²) < 4.78 is 30.4. The van der Waals surface area contributed by atoms with E-state index in [1.54, 1.807) is 0 Å². The molecule has 3 rings (SSSR count). The van der Waals surface area contributed by atoms with E-state index in [0.717, 1.165) is 18.2 Å². The van der Waals surface area contributed by atoms with E-state index < -0.39 is 11.6 Å². The first-order valence-electron chi connectivity index (χ1n) is 9.12. The van der Waals surface area contributed by atoms with E-state index in [2.05, 4.69) is 15.3 Å². The zero-order valence-corrected chi connectivity index (χ0v) is 16.0. The molecule has 7 nitrogen and oxygen atoms in total. The van der Waals surface area contributed by atoms with Gasteiger partial charge >= 0.3 is 0 Å². The van der Waals surface area contributed by atoms with Gasteiger partial charge in [-0.1, -0.05) is 13.8 Å². The Labute approximate surface area is 160 Å². The first-order chi connectivity index (χ1) is 13.3. The molecule has 2 heterocycles. The van der Waals surface area contributed by atoms with Crippen LogP contribution in [0.15, 0.2) is 29.3 Å². The van der Waals surface area contributed by atoms with Gasteiger partial charge in [-0.3, -0.25) is 9.36 Å². The van der Waals surface area contributed by atoms with Gasteiger partial charge in [0.2, 0.25) is 5.95 Å². The minimum Gasteiger partial charge on any atom is -0.394 e. The number of nitrogens with one attached hydrogen (secondary N) is 1. The Bertz CT molecular complexity index is 1040. The fourth-order valence-electron chi connectivity index (χ4n) is 2.98. The third-order valence-corrected chi connectivity index (χ3v) is 4.71. The van der Waals surface area contributed by atoms with E-state index in [0.29, 0.717) is 12.5 Å². The van der Waals surface area contributed by atoms with Crippen molar-refractivity contribution in [3.63, 3.8) is 0 Å². The second-order valence-corrected chi connectivity index (χ2v) is 6.94. The molecule has 1 atom stereocenters. The SMILES string of the molecule is CCn1c(N[C@@H](CO)C(C)C)nc2c(ncn2Cc2cc(F)ccc2F)c1=O. The average molecular weight is 391 g/mol. The number of rotatable bonds is 7. The highest BCUT2D eigenvalue weighted by atomic mass is 19.1. The molecule has 0 aliphatic rings. The highest BCUT2D eigenvalue weighted by molar-refractivity contribution is 5.71. The first-order valence-corrected chi connectivity index (χ1v) is 9.12. The van der Waals surface area contributed by atoms with Gasteiger partial charge in [0.05, 0.1) is 25.5 Å². The molecule has 0 fully saturated rings. The number of benzene rings is 1. The van der Waals surface area contributed by atoms with Gasteiger partial charge in [0, 0.05) is 12.1 Å². The third kappa shape index (κ3) is 3.75. The number of nitrogens with zero attached hydrogens (tertiary/aromatic N) is 4. The molecule has 2 N–H and O–H groups in total. The van der Waals surface area contributed by atoms with Crippen LogP contribution in [0.4, 0.5) is 14.7 Å². The molecule has 1 aromatic carbocycles. The maximum absolute atomic E-state index is 14.0. The lowest BCUT2D eigenvalue weighted by Gasteiger charge is -2.22. The molecule has 0 aliphatic heterocycles. The molecular weight excluding hydrogens is 368 g/mol. The summed E-state index contributed by atoms with van der Waals surface area (Å²) in [4.78, 5) is 21.5. The van der Waals surface area contributed by atoms with E-state index in [1.807, 2.05) is 20.8 Å². The number of halogens is 2. The molecule has 2 aromatic heterocycles. The zero-order valence-electron chi connectivity index (χ0n) is 16.0. The smallest absolute Gasteiger partial charge is 0.283 e. The minimum absolute atomic E-state index is 0.0181. The van der Waals surface area contributed by atoms with Crippen molar-refractivity contribution >= 4 is 17.1 Å². The Morgan fingerprint density at radius 2 is 2.04 bits per heavy atom. The number of anilines is 1. The van der Waals surface area contributed by atoms with Crippen LogP contribution in [0.1, 0.15) is 26.3 Å². The third-order valence-electron chi connectivity index (χ3n) is 4.71. The van der Waals surface area contributed by atoms with Crippen LogP contribution in [0.5, 0.6) is 0 Å². The second kappa shape index (κ2) is 8.05. The number of aliphatic hydroxyl groups excluding tert-OH is 1. The molecule has 0 radical (unpaired) electrons. The van der Waals surface area contributed by atoms with Crippen LogP contribution in [-0.2, 0) is 13.1 Å². The number of hydrogen-bond acceptors (Lipinski definition) is 5. The maximum atomic E-state index is 14.0. The topological polar surface area (TPSA) is 85.0 Å². The van der Waals surface area contributed by atoms with Gasteiger partial charge in [0.1, 0.15) is 11.6 Å². The van der Waals surface area contributed by atoms with Crippen LogP contribution in [0, 0.1) is 17.6 Å². The van der Waals surface area contributed by atoms with Gasteiger partial charge in [-0.05, 0) is 31.0 Å². The molecule has 0 saturated heterocycles. The Morgan fingerprint density at radius 3 is 2.68 bits per heavy atom. The van der Waals surface area contributed by atoms with Crippen LogP contribution in [0.2, 0.25) is 0 Å². The zero-order chi connectivity index (χ0) is 20.4. The molecule has 3 aromatic rings. The van der Waals surface area contributed by atoms with Crippen molar-refractivity contribution in [1.29, 1.82) is 0 Å². The highest BCUT2D eigenvalue weighted by Gasteiger charge is 2.19. The van der Waals surface area contributed by atoms with Crippen LogP contribution in [0.25, 0.3) is 11.2 Å². The molecule has 0 unspecified atom stereocenters. The molecule has 0 spiro atoms. The fraction of sp³-hybridized carbons (Fsp3) is 0.421. The van der Waals surface area contributed by atoms with Gasteiger partial charge in [-0.15, -0.1) is 0 Å². The van der Waals surface area contributed by atoms with Gasteiger partial charge in [-0.2, -0.15) is 4.98 Å². The normalized spacial score (nSPS) is 12.7. The Hall–Kier alpha value is -2.81. The summed E-state index contributed by atoms with van der Waals surface area (Å²) in [7, 11) is 0. The van der Waals surface area contributed by atoms with E-state index in [9.17, 15) is 18.7 Å². The summed E-state index contributed by atoms with van der Waals surface area (Å²) >= 11 is 0. The predicted octanol–water partition coefficient (Wildman–Crippen LogP) is 2.37. The number of imidazole rings is 1. The summed E-state index contributed by atoms with van der Waals surface area (Å²) in [5.41, 5.74) is 0.204. The molecule has 0 saturated carbocycles. The van der Waals surface area contributed by atoms with Crippen molar-refractivity contribution in [1.82, 2.24) is 19.1 Å². The molecular formula is C19H23F2N5O2. The lowest BCUT2D eigenvalue weighted by molar-refractivity contribution is 0.248. The standard InChI is InChI=1S/C19H23F2N5O2/c1-4-26-18(28)16-17(24-19(26)23-15(9-27)11(2)3)25(10-22-16)8-12-7-13(20)5-6-14(12)21/h5-7,10-11,15,27H,4,8-9H2,1-3H3,(H,23,24)/t15-/m0/s1. The summed E-state index contributed by atoms with van der Waals surface area (Å²) in [6, 6.07) is 2.92. The van der Waals surface area contributed by atoms with E-state index in [4.69, 9.17) is 0 Å². The van der Waals surface area contributed by atoms with Gasteiger partial charge < -0.3 is 15.0 Å². The van der Waals surface area contributed by atoms with E-state index in [-0.39, 0.29) is 47.4 Å². The first kappa shape index (κ1) is 19.9. The number of fused-ring (bicyclic) bond motifs is 1. The molecule has 28 heavy (non-hydrogen) atoms. The summed E-state index contributed by atoms with van der Waals surface area (Å²) in [6.45, 7) is 5.92. The predicted molar refractivity (Wildman–Crippen MR) is 102 cm³/mol. The largest absolute Gasteiger partial charge is 0.394 e. The Balaban J connectivity index is 2.09. The van der Waals surface area contributed by atoms with E-state index >= 15 is 0 Å². The molecule has 0 amide bonds. The van der Waals surface area contributed by atoms with Crippen molar-refractivity contribution in [2.45, 2.75) is 39.9 Å². The Morgan fingerprint density at radius 1 is 1.29 bits per heavy atom. The maximum Gasteiger partial charge on any atom is 0.283 e. The molecule has 9 heteroatoms. The molecule has 0 aliphatic carbocycles. The number of aliphatic hydroxyl groups is 1. The van der Waals surface area contributed by atoms with Crippen molar-refractivity contribution in [2.75, 3.05) is 11.9 Å². The monoisotopic (exact) mass is 391 g/mol. The van der Waals surface area contributed by atoms with Crippen molar-refractivity contribution in [2.24, 2.45) is 5.92 Å². The van der Waals surface area contributed by atoms with Crippen molar-refractivity contribution in [3.8, 4) is 0 Å².